The van der Waals surface area contributed by atoms with Gasteiger partial charge in [-0.2, -0.15) is 0 Å². The number of halogens is 2. The highest BCUT2D eigenvalue weighted by Gasteiger charge is 2.05. The van der Waals surface area contributed by atoms with Crippen LogP contribution in [-0.2, 0) is 0 Å². The number of hydrogen-bond donors (Lipinski definition) is 1. The molecule has 3 heteroatoms. The molecule has 0 saturated heterocycles. The first-order chi connectivity index (χ1) is 4.20. The van der Waals surface area contributed by atoms with Crippen molar-refractivity contribution in [3.05, 3.63) is 22.6 Å². The Balaban J connectivity index is 2.83. The second kappa shape index (κ2) is 2.40. The monoisotopic (exact) mass is 147 g/mol. The Morgan fingerprint density at radius 2 is 2.44 bits per heavy atom. The molecule has 1 aliphatic heterocycles. The van der Waals surface area contributed by atoms with E-state index in [-0.39, 0.29) is 5.83 Å². The lowest BCUT2D eigenvalue weighted by molar-refractivity contribution is 0.625. The number of allylic oxidation sites excluding steroid dienone is 3. The van der Waals surface area contributed by atoms with Gasteiger partial charge in [-0.1, -0.05) is 11.6 Å². The largest absolute Gasteiger partial charge is 0.381 e. The molecule has 0 bridgehead atoms. The van der Waals surface area contributed by atoms with E-state index in [9.17, 15) is 4.39 Å². The molecule has 0 atom stereocenters. The highest BCUT2D eigenvalue weighted by molar-refractivity contribution is 6.30. The molecule has 0 aromatic carbocycles. The molecule has 0 aromatic rings. The van der Waals surface area contributed by atoms with Gasteiger partial charge in [0.15, 0.2) is 0 Å². The standard InChI is InChI=1S/C6H7ClFN/c1-4-6(8)2-5(7)3-9-4/h2,9H,3H2,1H3. The van der Waals surface area contributed by atoms with Crippen LogP contribution in [0.5, 0.6) is 0 Å². The van der Waals surface area contributed by atoms with E-state index >= 15 is 0 Å². The molecule has 0 unspecified atom stereocenters. The van der Waals surface area contributed by atoms with E-state index < -0.39 is 0 Å². The molecular weight excluding hydrogens is 141 g/mol. The molecular formula is C6H7ClFN. The SMILES string of the molecule is CC1=C(F)C=C(Cl)CN1. The number of rotatable bonds is 0. The third-order valence-corrected chi connectivity index (χ3v) is 1.41. The van der Waals surface area contributed by atoms with Crippen LogP contribution in [-0.4, -0.2) is 6.54 Å². The third-order valence-electron chi connectivity index (χ3n) is 1.16. The number of dihydropyridines is 1. The highest BCUT2D eigenvalue weighted by atomic mass is 35.5. The Morgan fingerprint density at radius 3 is 2.89 bits per heavy atom. The number of nitrogens with one attached hydrogen (secondary N) is 1. The van der Waals surface area contributed by atoms with Crippen LogP contribution in [0.3, 0.4) is 0 Å². The predicted octanol–water partition coefficient (Wildman–Crippen LogP) is 1.91. The fourth-order valence-electron chi connectivity index (χ4n) is 0.598. The van der Waals surface area contributed by atoms with Crippen LogP contribution in [0.2, 0.25) is 0 Å². The summed E-state index contributed by atoms with van der Waals surface area (Å²) in [6, 6.07) is 0. The molecule has 0 aromatic heterocycles. The minimum atomic E-state index is -0.272. The maximum atomic E-state index is 12.5. The Labute approximate surface area is 58.2 Å². The summed E-state index contributed by atoms with van der Waals surface area (Å²) in [6.45, 7) is 2.22. The predicted molar refractivity (Wildman–Crippen MR) is 35.7 cm³/mol. The molecule has 0 fully saturated rings. The van der Waals surface area contributed by atoms with Gasteiger partial charge in [-0.3, -0.25) is 0 Å². The van der Waals surface area contributed by atoms with E-state index in [0.717, 1.165) is 0 Å². The fourth-order valence-corrected chi connectivity index (χ4v) is 0.761. The average Bonchev–Trinajstić information content (AvgIpc) is 1.80. The summed E-state index contributed by atoms with van der Waals surface area (Å²) in [6.07, 6.45) is 1.33. The van der Waals surface area contributed by atoms with E-state index in [4.69, 9.17) is 11.6 Å². The van der Waals surface area contributed by atoms with Gasteiger partial charge in [0, 0.05) is 10.7 Å². The van der Waals surface area contributed by atoms with Crippen molar-refractivity contribution in [3.63, 3.8) is 0 Å². The van der Waals surface area contributed by atoms with Crippen molar-refractivity contribution in [1.82, 2.24) is 5.32 Å². The Kier molecular flexibility index (Phi) is 1.76. The summed E-state index contributed by atoms with van der Waals surface area (Å²) in [5, 5.41) is 3.30. The van der Waals surface area contributed by atoms with Crippen LogP contribution in [0.4, 0.5) is 4.39 Å². The first-order valence-electron chi connectivity index (χ1n) is 2.66. The summed E-state index contributed by atoms with van der Waals surface area (Å²) in [4.78, 5) is 0. The zero-order chi connectivity index (χ0) is 6.85. The lowest BCUT2D eigenvalue weighted by Crippen LogP contribution is -2.17. The minimum Gasteiger partial charge on any atom is -0.381 e. The molecule has 50 valence electrons. The Hall–Kier alpha value is -0.500. The van der Waals surface area contributed by atoms with Crippen molar-refractivity contribution in [3.8, 4) is 0 Å². The van der Waals surface area contributed by atoms with Crippen molar-refractivity contribution in [2.45, 2.75) is 6.92 Å². The van der Waals surface area contributed by atoms with Gasteiger partial charge in [-0.25, -0.2) is 4.39 Å². The first kappa shape index (κ1) is 6.62. The van der Waals surface area contributed by atoms with Gasteiger partial charge in [-0.05, 0) is 13.0 Å². The molecule has 1 nitrogen and oxygen atoms in total. The molecule has 1 heterocycles. The summed E-state index contributed by atoms with van der Waals surface area (Å²) in [5.41, 5.74) is 0.555. The average molecular weight is 148 g/mol. The summed E-state index contributed by atoms with van der Waals surface area (Å²) < 4.78 is 12.5. The zero-order valence-electron chi connectivity index (χ0n) is 5.04. The quantitative estimate of drug-likeness (QED) is 0.552. The molecule has 0 radical (unpaired) electrons. The molecule has 0 aliphatic carbocycles. The minimum absolute atomic E-state index is 0.272. The van der Waals surface area contributed by atoms with Crippen LogP contribution in [0.15, 0.2) is 22.6 Å². The van der Waals surface area contributed by atoms with Gasteiger partial charge >= 0.3 is 0 Å². The van der Waals surface area contributed by atoms with E-state index in [1.807, 2.05) is 0 Å². The van der Waals surface area contributed by atoms with Crippen molar-refractivity contribution in [2.24, 2.45) is 0 Å². The highest BCUT2D eigenvalue weighted by Crippen LogP contribution is 2.15. The zero-order valence-corrected chi connectivity index (χ0v) is 5.80. The Bertz CT molecular complexity index is 183. The van der Waals surface area contributed by atoms with Crippen molar-refractivity contribution < 1.29 is 4.39 Å². The second-order valence-electron chi connectivity index (χ2n) is 1.92. The molecule has 1 rings (SSSR count). The topological polar surface area (TPSA) is 12.0 Å². The van der Waals surface area contributed by atoms with Crippen molar-refractivity contribution in [2.75, 3.05) is 6.54 Å². The van der Waals surface area contributed by atoms with Crippen LogP contribution >= 0.6 is 11.6 Å². The normalized spacial score (nSPS) is 19.2. The lowest BCUT2D eigenvalue weighted by atomic mass is 10.3. The van der Waals surface area contributed by atoms with Crippen LogP contribution < -0.4 is 5.32 Å². The summed E-state index contributed by atoms with van der Waals surface area (Å²) >= 11 is 5.50. The van der Waals surface area contributed by atoms with Gasteiger partial charge in [0.25, 0.3) is 0 Å². The summed E-state index contributed by atoms with van der Waals surface area (Å²) in [7, 11) is 0. The van der Waals surface area contributed by atoms with Crippen LogP contribution in [0.25, 0.3) is 0 Å². The van der Waals surface area contributed by atoms with Crippen molar-refractivity contribution in [1.29, 1.82) is 0 Å². The molecule has 0 amide bonds. The van der Waals surface area contributed by atoms with Crippen LogP contribution in [0.1, 0.15) is 6.92 Å². The third kappa shape index (κ3) is 1.45. The van der Waals surface area contributed by atoms with E-state index in [0.29, 0.717) is 17.3 Å². The van der Waals surface area contributed by atoms with Gasteiger partial charge in [0.2, 0.25) is 0 Å². The molecule has 1 aliphatic rings. The van der Waals surface area contributed by atoms with Crippen LogP contribution in [0, 0.1) is 0 Å². The fraction of sp³-hybridized carbons (Fsp3) is 0.333. The number of hydrogen-bond acceptors (Lipinski definition) is 1. The Morgan fingerprint density at radius 1 is 1.78 bits per heavy atom. The van der Waals surface area contributed by atoms with Gasteiger partial charge < -0.3 is 5.32 Å². The van der Waals surface area contributed by atoms with E-state index in [1.165, 1.54) is 6.08 Å². The molecule has 0 spiro atoms. The maximum absolute atomic E-state index is 12.5. The maximum Gasteiger partial charge on any atom is 0.143 e. The first-order valence-corrected chi connectivity index (χ1v) is 3.04. The van der Waals surface area contributed by atoms with E-state index in [2.05, 4.69) is 5.32 Å². The van der Waals surface area contributed by atoms with Gasteiger partial charge in [-0.15, -0.1) is 0 Å². The molecule has 9 heavy (non-hydrogen) atoms. The molecule has 1 N–H and O–H groups in total. The van der Waals surface area contributed by atoms with Crippen molar-refractivity contribution >= 4 is 11.6 Å². The summed E-state index contributed by atoms with van der Waals surface area (Å²) in [5.74, 6) is -0.272. The smallest absolute Gasteiger partial charge is 0.143 e. The van der Waals surface area contributed by atoms with Gasteiger partial charge in [0.05, 0.1) is 6.54 Å². The molecule has 0 saturated carbocycles. The van der Waals surface area contributed by atoms with E-state index in [1.54, 1.807) is 6.92 Å². The lowest BCUT2D eigenvalue weighted by Gasteiger charge is -2.10. The second-order valence-corrected chi connectivity index (χ2v) is 2.40. The van der Waals surface area contributed by atoms with Gasteiger partial charge in [0.1, 0.15) is 5.83 Å².